The van der Waals surface area contributed by atoms with Gasteiger partial charge in [-0.1, -0.05) is 0 Å². The molecule has 4 nitrogen and oxygen atoms in total. The Morgan fingerprint density at radius 1 is 1.70 bits per heavy atom. The molecule has 0 bridgehead atoms. The molecule has 0 amide bonds. The molecule has 0 aliphatic rings. The molecule has 0 aliphatic carbocycles. The molecule has 55 valence electrons. The van der Waals surface area contributed by atoms with Crippen molar-refractivity contribution < 1.29 is 0 Å². The van der Waals surface area contributed by atoms with Crippen molar-refractivity contribution in [2.75, 3.05) is 13.1 Å². The maximum Gasteiger partial charge on any atom is 0.209 e. The van der Waals surface area contributed by atoms with Gasteiger partial charge in [0.05, 0.1) is 0 Å². The molecule has 0 atom stereocenters. The van der Waals surface area contributed by atoms with Gasteiger partial charge in [-0.15, -0.1) is 4.99 Å². The summed E-state index contributed by atoms with van der Waals surface area (Å²) in [7, 11) is 0. The number of hydrogen-bond donors (Lipinski definition) is 2. The summed E-state index contributed by atoms with van der Waals surface area (Å²) in [5.41, 5.74) is 0. The second kappa shape index (κ2) is 5.89. The second-order valence-corrected chi connectivity index (χ2v) is 1.52. The summed E-state index contributed by atoms with van der Waals surface area (Å²) in [6.07, 6.45) is 1.67. The third-order valence-corrected chi connectivity index (χ3v) is 0.798. The Labute approximate surface area is 61.0 Å². The monoisotopic (exact) mass is 139 g/mol. The number of nitrogens with one attached hydrogen (secondary N) is 2. The molecule has 0 unspecified atom stereocenters. The van der Waals surface area contributed by atoms with Crippen molar-refractivity contribution in [1.82, 2.24) is 10.6 Å². The standard InChI is InChI=1S/C6H11N4/c1-3-8-6(9-4-2)10-5-7/h1,3-4H2,2H3,(H2,8,9,10). The van der Waals surface area contributed by atoms with Crippen LogP contribution in [0, 0.1) is 18.4 Å². The van der Waals surface area contributed by atoms with Crippen LogP contribution in [0.1, 0.15) is 6.92 Å². The minimum atomic E-state index is 0.486. The fourth-order valence-electron chi connectivity index (χ4n) is 0.477. The van der Waals surface area contributed by atoms with Gasteiger partial charge in [0.15, 0.2) is 0 Å². The largest absolute Gasteiger partial charge is 0.356 e. The molecule has 0 aromatic heterocycles. The molecule has 0 aromatic rings. The zero-order valence-corrected chi connectivity index (χ0v) is 6.02. The number of hydrogen-bond acceptors (Lipinski definition) is 2. The van der Waals surface area contributed by atoms with Crippen molar-refractivity contribution in [3.05, 3.63) is 6.92 Å². The van der Waals surface area contributed by atoms with Crippen molar-refractivity contribution in [3.8, 4) is 6.19 Å². The first-order valence-electron chi connectivity index (χ1n) is 3.09. The van der Waals surface area contributed by atoms with Crippen molar-refractivity contribution >= 4 is 5.96 Å². The quantitative estimate of drug-likeness (QED) is 0.318. The first-order valence-corrected chi connectivity index (χ1v) is 3.09. The molecule has 0 heterocycles. The predicted octanol–water partition coefficient (Wildman–Crippen LogP) is -0.143. The fraction of sp³-hybridized carbons (Fsp3) is 0.500. The van der Waals surface area contributed by atoms with E-state index in [-0.39, 0.29) is 0 Å². The van der Waals surface area contributed by atoms with Crippen LogP contribution in [0.4, 0.5) is 0 Å². The van der Waals surface area contributed by atoms with Crippen LogP contribution in [-0.4, -0.2) is 19.0 Å². The lowest BCUT2D eigenvalue weighted by Gasteiger charge is -2.05. The number of nitrogens with zero attached hydrogens (tertiary/aromatic N) is 2. The molecule has 0 saturated heterocycles. The molecule has 0 aromatic carbocycles. The van der Waals surface area contributed by atoms with Gasteiger partial charge in [-0.05, 0) is 13.8 Å². The average Bonchev–Trinajstić information content (AvgIpc) is 1.90. The third-order valence-electron chi connectivity index (χ3n) is 0.798. The normalized spacial score (nSPS) is 10.3. The third kappa shape index (κ3) is 3.72. The molecule has 0 spiro atoms. The summed E-state index contributed by atoms with van der Waals surface area (Å²) >= 11 is 0. The Morgan fingerprint density at radius 3 is 2.80 bits per heavy atom. The summed E-state index contributed by atoms with van der Waals surface area (Å²) in [5.74, 6) is 0.486. The molecule has 4 heteroatoms. The summed E-state index contributed by atoms with van der Waals surface area (Å²) in [5, 5.41) is 13.8. The Morgan fingerprint density at radius 2 is 2.40 bits per heavy atom. The molecular formula is C6H11N4. The van der Waals surface area contributed by atoms with Crippen LogP contribution in [0.15, 0.2) is 4.99 Å². The van der Waals surface area contributed by atoms with Gasteiger partial charge in [0, 0.05) is 13.1 Å². The van der Waals surface area contributed by atoms with Gasteiger partial charge < -0.3 is 10.6 Å². The highest BCUT2D eigenvalue weighted by molar-refractivity contribution is 5.80. The lowest BCUT2D eigenvalue weighted by molar-refractivity contribution is 0.883. The van der Waals surface area contributed by atoms with Crippen molar-refractivity contribution in [1.29, 1.82) is 5.26 Å². The van der Waals surface area contributed by atoms with Crippen LogP contribution in [0.2, 0.25) is 0 Å². The Hall–Kier alpha value is -1.24. The van der Waals surface area contributed by atoms with Gasteiger partial charge in [-0.2, -0.15) is 5.26 Å². The second-order valence-electron chi connectivity index (χ2n) is 1.52. The zero-order chi connectivity index (χ0) is 7.82. The fourth-order valence-corrected chi connectivity index (χ4v) is 0.477. The average molecular weight is 139 g/mol. The van der Waals surface area contributed by atoms with E-state index in [0.29, 0.717) is 12.5 Å². The molecule has 1 radical (unpaired) electrons. The lowest BCUT2D eigenvalue weighted by Crippen LogP contribution is -2.36. The van der Waals surface area contributed by atoms with Crippen LogP contribution >= 0.6 is 0 Å². The molecule has 10 heavy (non-hydrogen) atoms. The van der Waals surface area contributed by atoms with Crippen LogP contribution < -0.4 is 10.6 Å². The summed E-state index contributed by atoms with van der Waals surface area (Å²) < 4.78 is 0. The smallest absolute Gasteiger partial charge is 0.209 e. The Bertz CT molecular complexity index is 136. The van der Waals surface area contributed by atoms with Crippen LogP contribution in [-0.2, 0) is 0 Å². The van der Waals surface area contributed by atoms with Gasteiger partial charge in [0.1, 0.15) is 0 Å². The van der Waals surface area contributed by atoms with E-state index in [1.54, 1.807) is 6.19 Å². The minimum Gasteiger partial charge on any atom is -0.356 e. The molecule has 2 N–H and O–H groups in total. The Kier molecular flexibility index (Phi) is 5.16. The number of aliphatic imine (C=N–C) groups is 1. The number of rotatable bonds is 2. The predicted molar refractivity (Wildman–Crippen MR) is 40.1 cm³/mol. The molecular weight excluding hydrogens is 128 g/mol. The molecule has 0 saturated carbocycles. The van der Waals surface area contributed by atoms with E-state index in [2.05, 4.69) is 22.5 Å². The maximum absolute atomic E-state index is 8.15. The first kappa shape index (κ1) is 8.76. The minimum absolute atomic E-state index is 0.486. The SMILES string of the molecule is [CH2]CNC(=NC#N)NCC. The highest BCUT2D eigenvalue weighted by atomic mass is 15.2. The highest BCUT2D eigenvalue weighted by Crippen LogP contribution is 1.66. The molecule has 0 fully saturated rings. The van der Waals surface area contributed by atoms with Crippen LogP contribution in [0.25, 0.3) is 0 Å². The van der Waals surface area contributed by atoms with Gasteiger partial charge >= 0.3 is 0 Å². The summed E-state index contributed by atoms with van der Waals surface area (Å²) in [4.78, 5) is 3.46. The van der Waals surface area contributed by atoms with E-state index in [1.165, 1.54) is 0 Å². The molecule has 0 aliphatic heterocycles. The van der Waals surface area contributed by atoms with Crippen LogP contribution in [0.3, 0.4) is 0 Å². The molecule has 0 rings (SSSR count). The summed E-state index contributed by atoms with van der Waals surface area (Å²) in [6.45, 7) is 6.74. The van der Waals surface area contributed by atoms with E-state index in [1.807, 2.05) is 6.92 Å². The highest BCUT2D eigenvalue weighted by Gasteiger charge is 1.90. The van der Waals surface area contributed by atoms with E-state index in [9.17, 15) is 0 Å². The number of nitriles is 1. The zero-order valence-electron chi connectivity index (χ0n) is 6.02. The van der Waals surface area contributed by atoms with Crippen molar-refractivity contribution in [2.24, 2.45) is 4.99 Å². The topological polar surface area (TPSA) is 60.2 Å². The van der Waals surface area contributed by atoms with Gasteiger partial charge in [-0.25, -0.2) is 0 Å². The van der Waals surface area contributed by atoms with Gasteiger partial charge in [0.2, 0.25) is 12.2 Å². The van der Waals surface area contributed by atoms with Crippen LogP contribution in [0.5, 0.6) is 0 Å². The summed E-state index contributed by atoms with van der Waals surface area (Å²) in [6, 6.07) is 0. The van der Waals surface area contributed by atoms with E-state index < -0.39 is 0 Å². The number of guanidine groups is 1. The van der Waals surface area contributed by atoms with E-state index in [0.717, 1.165) is 6.54 Å². The van der Waals surface area contributed by atoms with E-state index in [4.69, 9.17) is 5.26 Å². The van der Waals surface area contributed by atoms with E-state index >= 15 is 0 Å². The van der Waals surface area contributed by atoms with Gasteiger partial charge in [-0.3, -0.25) is 0 Å². The maximum atomic E-state index is 8.15. The van der Waals surface area contributed by atoms with Crippen molar-refractivity contribution in [2.45, 2.75) is 6.92 Å². The lowest BCUT2D eigenvalue weighted by atomic mass is 10.7. The van der Waals surface area contributed by atoms with Crippen molar-refractivity contribution in [3.63, 3.8) is 0 Å². The first-order chi connectivity index (χ1) is 4.85. The van der Waals surface area contributed by atoms with Gasteiger partial charge in [0.25, 0.3) is 0 Å². The Balaban J connectivity index is 3.75.